The van der Waals surface area contributed by atoms with Crippen molar-refractivity contribution in [2.45, 2.75) is 11.8 Å². The SMILES string of the molecule is Cc1ccc(NC(=O)c2ccc(S(=O)(=O)Nc3ccc(Cl)cc3)cc2)cc1NS(C)(=O)=O. The molecule has 0 aliphatic rings. The van der Waals surface area contributed by atoms with Gasteiger partial charge in [-0.1, -0.05) is 17.7 Å². The number of rotatable bonds is 7. The summed E-state index contributed by atoms with van der Waals surface area (Å²) < 4.78 is 52.9. The highest BCUT2D eigenvalue weighted by Gasteiger charge is 2.16. The van der Waals surface area contributed by atoms with Crippen LogP contribution in [0, 0.1) is 6.92 Å². The highest BCUT2D eigenvalue weighted by molar-refractivity contribution is 7.92. The molecule has 0 radical (unpaired) electrons. The molecule has 8 nitrogen and oxygen atoms in total. The molecule has 3 N–H and O–H groups in total. The Hall–Kier alpha value is -3.08. The number of carbonyl (C=O) groups is 1. The molecule has 0 bridgehead atoms. The van der Waals surface area contributed by atoms with Crippen LogP contribution in [0.15, 0.2) is 71.6 Å². The Kier molecular flexibility index (Phi) is 6.77. The average molecular weight is 494 g/mol. The maximum atomic E-state index is 12.6. The summed E-state index contributed by atoms with van der Waals surface area (Å²) in [5.41, 5.74) is 2.01. The molecule has 3 aromatic rings. The molecule has 0 atom stereocenters. The third kappa shape index (κ3) is 6.22. The number of carbonyl (C=O) groups excluding carboxylic acids is 1. The van der Waals surface area contributed by atoms with Crippen LogP contribution in [0.3, 0.4) is 0 Å². The van der Waals surface area contributed by atoms with Gasteiger partial charge in [0, 0.05) is 22.0 Å². The molecule has 0 heterocycles. The zero-order chi connectivity index (χ0) is 23.5. The Morgan fingerprint density at radius 2 is 1.41 bits per heavy atom. The molecule has 32 heavy (non-hydrogen) atoms. The van der Waals surface area contributed by atoms with Crippen molar-refractivity contribution in [1.29, 1.82) is 0 Å². The first-order valence-corrected chi connectivity index (χ1v) is 13.0. The number of aryl methyl sites for hydroxylation is 1. The van der Waals surface area contributed by atoms with E-state index in [0.29, 0.717) is 27.6 Å². The van der Waals surface area contributed by atoms with Crippen molar-refractivity contribution in [3.8, 4) is 0 Å². The second-order valence-corrected chi connectivity index (χ2v) is 10.9. The normalized spacial score (nSPS) is 11.6. The molecular weight excluding hydrogens is 474 g/mol. The Labute approximate surface area is 191 Å². The van der Waals surface area contributed by atoms with Gasteiger partial charge in [-0.15, -0.1) is 0 Å². The highest BCUT2D eigenvalue weighted by Crippen LogP contribution is 2.23. The van der Waals surface area contributed by atoms with E-state index < -0.39 is 26.0 Å². The molecule has 3 rings (SSSR count). The van der Waals surface area contributed by atoms with Crippen LogP contribution in [-0.2, 0) is 20.0 Å². The molecule has 0 aromatic heterocycles. The molecule has 0 fully saturated rings. The fraction of sp³-hybridized carbons (Fsp3) is 0.0952. The Bertz CT molecular complexity index is 1360. The molecule has 1 amide bonds. The smallest absolute Gasteiger partial charge is 0.261 e. The molecule has 0 unspecified atom stereocenters. The van der Waals surface area contributed by atoms with Crippen molar-refractivity contribution < 1.29 is 21.6 Å². The van der Waals surface area contributed by atoms with Gasteiger partial charge in [-0.25, -0.2) is 16.8 Å². The Morgan fingerprint density at radius 3 is 2.00 bits per heavy atom. The predicted molar refractivity (Wildman–Crippen MR) is 126 cm³/mol. The van der Waals surface area contributed by atoms with Gasteiger partial charge in [0.1, 0.15) is 0 Å². The van der Waals surface area contributed by atoms with Gasteiger partial charge < -0.3 is 5.32 Å². The van der Waals surface area contributed by atoms with Crippen LogP contribution >= 0.6 is 11.6 Å². The third-order valence-corrected chi connectivity index (χ3v) is 6.55. The first-order valence-electron chi connectivity index (χ1n) is 9.21. The second kappa shape index (κ2) is 9.19. The third-order valence-electron chi connectivity index (χ3n) is 4.31. The number of hydrogen-bond acceptors (Lipinski definition) is 5. The van der Waals surface area contributed by atoms with Gasteiger partial charge in [-0.3, -0.25) is 14.2 Å². The first-order chi connectivity index (χ1) is 14.9. The number of benzene rings is 3. The summed E-state index contributed by atoms with van der Waals surface area (Å²) in [7, 11) is -7.32. The topological polar surface area (TPSA) is 121 Å². The van der Waals surface area contributed by atoms with E-state index in [9.17, 15) is 21.6 Å². The molecule has 0 aliphatic heterocycles. The van der Waals surface area contributed by atoms with Gasteiger partial charge in [0.25, 0.3) is 15.9 Å². The van der Waals surface area contributed by atoms with Crippen molar-refractivity contribution in [3.63, 3.8) is 0 Å². The summed E-state index contributed by atoms with van der Waals surface area (Å²) >= 11 is 5.80. The minimum Gasteiger partial charge on any atom is -0.322 e. The highest BCUT2D eigenvalue weighted by atomic mass is 35.5. The van der Waals surface area contributed by atoms with Crippen LogP contribution in [0.5, 0.6) is 0 Å². The monoisotopic (exact) mass is 493 g/mol. The number of hydrogen-bond donors (Lipinski definition) is 3. The van der Waals surface area contributed by atoms with Crippen LogP contribution in [0.4, 0.5) is 17.1 Å². The molecule has 11 heteroatoms. The van der Waals surface area contributed by atoms with Crippen molar-refractivity contribution >= 4 is 54.6 Å². The number of halogens is 1. The lowest BCUT2D eigenvalue weighted by atomic mass is 10.1. The lowest BCUT2D eigenvalue weighted by Crippen LogP contribution is -2.15. The van der Waals surface area contributed by atoms with Crippen LogP contribution in [0.1, 0.15) is 15.9 Å². The standard InChI is InChI=1S/C21H20ClN3O5S2/c1-14-3-8-18(13-20(14)25-31(2,27)28)23-21(26)15-4-11-19(12-5-15)32(29,30)24-17-9-6-16(22)7-10-17/h3-13,24-25H,1-2H3,(H,23,26). The summed E-state index contributed by atoms with van der Waals surface area (Å²) in [6, 6.07) is 16.4. The summed E-state index contributed by atoms with van der Waals surface area (Å²) in [6.07, 6.45) is 1.04. The van der Waals surface area contributed by atoms with Crippen molar-refractivity contribution in [2.75, 3.05) is 21.0 Å². The number of amides is 1. The zero-order valence-electron chi connectivity index (χ0n) is 17.1. The van der Waals surface area contributed by atoms with Crippen LogP contribution in [-0.4, -0.2) is 29.0 Å². The molecule has 0 spiro atoms. The number of sulfonamides is 2. The number of nitrogens with one attached hydrogen (secondary N) is 3. The summed E-state index contributed by atoms with van der Waals surface area (Å²) in [6.45, 7) is 1.73. The minimum absolute atomic E-state index is 0.0148. The lowest BCUT2D eigenvalue weighted by Gasteiger charge is -2.12. The maximum absolute atomic E-state index is 12.6. The van der Waals surface area contributed by atoms with Crippen LogP contribution in [0.25, 0.3) is 0 Å². The average Bonchev–Trinajstić information content (AvgIpc) is 2.71. The Balaban J connectivity index is 1.74. The quantitative estimate of drug-likeness (QED) is 0.458. The van der Waals surface area contributed by atoms with Crippen molar-refractivity contribution in [1.82, 2.24) is 0 Å². The molecule has 0 saturated heterocycles. The molecule has 0 saturated carbocycles. The molecule has 3 aromatic carbocycles. The van der Waals surface area contributed by atoms with E-state index in [2.05, 4.69) is 14.8 Å². The molecule has 0 aliphatic carbocycles. The van der Waals surface area contributed by atoms with Gasteiger partial charge in [-0.2, -0.15) is 0 Å². The van der Waals surface area contributed by atoms with Crippen LogP contribution in [0.2, 0.25) is 5.02 Å². The van der Waals surface area contributed by atoms with Gasteiger partial charge in [0.2, 0.25) is 10.0 Å². The second-order valence-electron chi connectivity index (χ2n) is 6.99. The van der Waals surface area contributed by atoms with E-state index in [4.69, 9.17) is 11.6 Å². The fourth-order valence-electron chi connectivity index (χ4n) is 2.73. The van der Waals surface area contributed by atoms with E-state index in [1.807, 2.05) is 0 Å². The summed E-state index contributed by atoms with van der Waals surface area (Å²) in [5.74, 6) is -0.478. The van der Waals surface area contributed by atoms with Crippen LogP contribution < -0.4 is 14.8 Å². The molecular formula is C21H20ClN3O5S2. The zero-order valence-corrected chi connectivity index (χ0v) is 19.5. The summed E-state index contributed by atoms with van der Waals surface area (Å²) in [4.78, 5) is 12.5. The van der Waals surface area contributed by atoms with E-state index in [-0.39, 0.29) is 10.5 Å². The van der Waals surface area contributed by atoms with E-state index in [1.54, 1.807) is 31.2 Å². The predicted octanol–water partition coefficient (Wildman–Crippen LogP) is 4.07. The maximum Gasteiger partial charge on any atom is 0.261 e. The minimum atomic E-state index is -3.85. The first kappa shape index (κ1) is 23.6. The van der Waals surface area contributed by atoms with Gasteiger partial charge in [-0.05, 0) is 73.2 Å². The van der Waals surface area contributed by atoms with Gasteiger partial charge in [0.15, 0.2) is 0 Å². The van der Waals surface area contributed by atoms with Crippen molar-refractivity contribution in [2.24, 2.45) is 0 Å². The van der Waals surface area contributed by atoms with Gasteiger partial charge in [0.05, 0.1) is 16.8 Å². The largest absolute Gasteiger partial charge is 0.322 e. The van der Waals surface area contributed by atoms with E-state index in [0.717, 1.165) is 6.26 Å². The lowest BCUT2D eigenvalue weighted by molar-refractivity contribution is 0.102. The number of anilines is 3. The van der Waals surface area contributed by atoms with Gasteiger partial charge >= 0.3 is 0 Å². The summed E-state index contributed by atoms with van der Waals surface area (Å²) in [5, 5.41) is 3.15. The fourth-order valence-corrected chi connectivity index (χ4v) is 4.53. The van der Waals surface area contributed by atoms with E-state index in [1.165, 1.54) is 42.5 Å². The molecule has 168 valence electrons. The Morgan fingerprint density at radius 1 is 0.812 bits per heavy atom. The van der Waals surface area contributed by atoms with E-state index >= 15 is 0 Å². The van der Waals surface area contributed by atoms with Crippen molar-refractivity contribution in [3.05, 3.63) is 82.9 Å².